The van der Waals surface area contributed by atoms with Crippen LogP contribution in [0, 0.1) is 0 Å². The minimum atomic E-state index is -3.78. The van der Waals surface area contributed by atoms with Crippen LogP contribution in [0.2, 0.25) is 10.0 Å². The number of nitrogens with zero attached hydrogens (tertiary/aromatic N) is 5. The van der Waals surface area contributed by atoms with E-state index in [-0.39, 0.29) is 15.8 Å². The SMILES string of the molecule is O=S(=O)(c1ccc(Cl)cc1Cl)N1CCCC(c2cc(NCc3cccnc3)n3ncc(Br)c3n2)C1. The van der Waals surface area contributed by atoms with Gasteiger partial charge >= 0.3 is 0 Å². The van der Waals surface area contributed by atoms with Gasteiger partial charge in [-0.3, -0.25) is 4.98 Å². The van der Waals surface area contributed by atoms with Crippen LogP contribution in [0.3, 0.4) is 0 Å². The third-order valence-electron chi connectivity index (χ3n) is 5.96. The van der Waals surface area contributed by atoms with Crippen LogP contribution < -0.4 is 5.32 Å². The van der Waals surface area contributed by atoms with Gasteiger partial charge in [-0.15, -0.1) is 0 Å². The number of aromatic nitrogens is 4. The highest BCUT2D eigenvalue weighted by Gasteiger charge is 2.33. The highest BCUT2D eigenvalue weighted by molar-refractivity contribution is 9.10. The minimum Gasteiger partial charge on any atom is -0.366 e. The fraction of sp³-hybridized carbons (Fsp3) is 0.261. The molecule has 1 aliphatic rings. The molecular weight excluding hydrogens is 575 g/mol. The lowest BCUT2D eigenvalue weighted by molar-refractivity contribution is 0.313. The molecule has 1 unspecified atom stereocenters. The van der Waals surface area contributed by atoms with Crippen molar-refractivity contribution in [1.29, 1.82) is 0 Å². The van der Waals surface area contributed by atoms with E-state index in [0.717, 1.165) is 28.0 Å². The van der Waals surface area contributed by atoms with E-state index in [0.29, 0.717) is 36.7 Å². The van der Waals surface area contributed by atoms with Crippen LogP contribution in [0.4, 0.5) is 5.82 Å². The topological polar surface area (TPSA) is 92.5 Å². The lowest BCUT2D eigenvalue weighted by Gasteiger charge is -2.32. The second-order valence-corrected chi connectivity index (χ2v) is 11.9. The van der Waals surface area contributed by atoms with Gasteiger partial charge in [0.05, 0.1) is 21.4 Å². The number of halogens is 3. The van der Waals surface area contributed by atoms with E-state index >= 15 is 0 Å². The first-order chi connectivity index (χ1) is 16.8. The molecule has 0 aliphatic carbocycles. The van der Waals surface area contributed by atoms with E-state index in [1.807, 2.05) is 18.2 Å². The van der Waals surface area contributed by atoms with Crippen LogP contribution in [0.25, 0.3) is 5.65 Å². The molecule has 12 heteroatoms. The summed E-state index contributed by atoms with van der Waals surface area (Å²) in [6, 6.07) is 10.3. The number of hydrogen-bond acceptors (Lipinski definition) is 6. The van der Waals surface area contributed by atoms with Crippen molar-refractivity contribution in [3.05, 3.63) is 80.8 Å². The molecule has 4 heterocycles. The number of anilines is 1. The summed E-state index contributed by atoms with van der Waals surface area (Å²) in [6.45, 7) is 1.28. The highest BCUT2D eigenvalue weighted by Crippen LogP contribution is 2.34. The number of benzene rings is 1. The van der Waals surface area contributed by atoms with Crippen molar-refractivity contribution < 1.29 is 8.42 Å². The van der Waals surface area contributed by atoms with E-state index in [1.54, 1.807) is 23.1 Å². The van der Waals surface area contributed by atoms with Gasteiger partial charge < -0.3 is 5.32 Å². The summed E-state index contributed by atoms with van der Waals surface area (Å²) in [5.74, 6) is 0.677. The monoisotopic (exact) mass is 594 g/mol. The van der Waals surface area contributed by atoms with Gasteiger partial charge in [0.1, 0.15) is 10.7 Å². The molecule has 0 saturated carbocycles. The summed E-state index contributed by atoms with van der Waals surface area (Å²) in [5, 5.41) is 8.34. The van der Waals surface area contributed by atoms with Gasteiger partial charge in [-0.05, 0) is 58.6 Å². The molecule has 35 heavy (non-hydrogen) atoms. The molecule has 1 aliphatic heterocycles. The Labute approximate surface area is 221 Å². The fourth-order valence-corrected chi connectivity index (χ4v) is 6.83. The average molecular weight is 596 g/mol. The van der Waals surface area contributed by atoms with Crippen molar-refractivity contribution >= 4 is 60.6 Å². The van der Waals surface area contributed by atoms with E-state index < -0.39 is 10.0 Å². The normalized spacial score (nSPS) is 17.1. The van der Waals surface area contributed by atoms with Crippen LogP contribution in [0.15, 0.2) is 64.4 Å². The molecule has 1 atom stereocenters. The maximum absolute atomic E-state index is 13.4. The van der Waals surface area contributed by atoms with Gasteiger partial charge in [-0.2, -0.15) is 13.9 Å². The van der Waals surface area contributed by atoms with Crippen molar-refractivity contribution in [3.8, 4) is 0 Å². The third-order valence-corrected chi connectivity index (χ3v) is 9.10. The number of sulfonamides is 1. The van der Waals surface area contributed by atoms with Gasteiger partial charge in [0.2, 0.25) is 10.0 Å². The Balaban J connectivity index is 1.45. The number of nitrogens with one attached hydrogen (secondary N) is 1. The number of fused-ring (bicyclic) bond motifs is 1. The number of pyridine rings is 1. The summed E-state index contributed by atoms with van der Waals surface area (Å²) >= 11 is 15.7. The molecule has 8 nitrogen and oxygen atoms in total. The van der Waals surface area contributed by atoms with E-state index in [4.69, 9.17) is 28.2 Å². The van der Waals surface area contributed by atoms with Crippen LogP contribution in [-0.4, -0.2) is 45.4 Å². The Morgan fingerprint density at radius 3 is 2.80 bits per heavy atom. The second-order valence-electron chi connectivity index (χ2n) is 8.29. The molecule has 4 aromatic rings. The minimum absolute atomic E-state index is 0.0602. The Bertz CT molecular complexity index is 1480. The smallest absolute Gasteiger partial charge is 0.244 e. The molecule has 1 fully saturated rings. The summed E-state index contributed by atoms with van der Waals surface area (Å²) in [4.78, 5) is 9.05. The Hall–Kier alpha value is -2.24. The van der Waals surface area contributed by atoms with E-state index in [9.17, 15) is 8.42 Å². The van der Waals surface area contributed by atoms with Crippen LogP contribution in [0.1, 0.15) is 30.0 Å². The van der Waals surface area contributed by atoms with E-state index in [1.165, 1.54) is 22.5 Å². The molecular formula is C23H21BrCl2N6O2S. The van der Waals surface area contributed by atoms with Crippen molar-refractivity contribution in [3.63, 3.8) is 0 Å². The molecule has 182 valence electrons. The Morgan fingerprint density at radius 1 is 1.17 bits per heavy atom. The average Bonchev–Trinajstić information content (AvgIpc) is 3.24. The maximum atomic E-state index is 13.4. The molecule has 1 saturated heterocycles. The van der Waals surface area contributed by atoms with Crippen molar-refractivity contribution in [2.75, 3.05) is 18.4 Å². The first-order valence-corrected chi connectivity index (χ1v) is 13.9. The molecule has 1 N–H and O–H groups in total. The van der Waals surface area contributed by atoms with Gasteiger partial charge in [0.25, 0.3) is 0 Å². The van der Waals surface area contributed by atoms with Crippen molar-refractivity contribution in [1.82, 2.24) is 23.9 Å². The summed E-state index contributed by atoms with van der Waals surface area (Å²) in [7, 11) is -3.78. The maximum Gasteiger partial charge on any atom is 0.244 e. The molecule has 0 spiro atoms. The second kappa shape index (κ2) is 10.0. The van der Waals surface area contributed by atoms with Gasteiger partial charge in [0, 0.05) is 49.0 Å². The molecule has 0 bridgehead atoms. The van der Waals surface area contributed by atoms with Crippen LogP contribution in [0.5, 0.6) is 0 Å². The zero-order chi connectivity index (χ0) is 24.6. The standard InChI is InChI=1S/C23H21BrCl2N6O2S/c24-18-13-29-32-22(28-12-15-3-1-7-27-11-15)10-20(30-23(18)32)16-4-2-8-31(14-16)35(33,34)21-6-5-17(25)9-19(21)26/h1,3,5-7,9-11,13,16,28H,2,4,8,12,14H2. The fourth-order valence-electron chi connectivity index (χ4n) is 4.21. The van der Waals surface area contributed by atoms with Crippen LogP contribution in [-0.2, 0) is 16.6 Å². The molecule has 5 rings (SSSR count). The first kappa shape index (κ1) is 24.5. The number of hydrogen-bond donors (Lipinski definition) is 1. The van der Waals surface area contributed by atoms with Gasteiger partial charge in [-0.1, -0.05) is 29.3 Å². The highest BCUT2D eigenvalue weighted by atomic mass is 79.9. The summed E-state index contributed by atoms with van der Waals surface area (Å²) in [5.41, 5.74) is 2.49. The molecule has 0 radical (unpaired) electrons. The van der Waals surface area contributed by atoms with Crippen molar-refractivity contribution in [2.24, 2.45) is 0 Å². The lowest BCUT2D eigenvalue weighted by atomic mass is 9.96. The largest absolute Gasteiger partial charge is 0.366 e. The van der Waals surface area contributed by atoms with Gasteiger partial charge in [0.15, 0.2) is 5.65 Å². The van der Waals surface area contributed by atoms with Gasteiger partial charge in [-0.25, -0.2) is 13.4 Å². The summed E-state index contributed by atoms with van der Waals surface area (Å²) < 4.78 is 30.7. The van der Waals surface area contributed by atoms with Crippen molar-refractivity contribution in [2.45, 2.75) is 30.2 Å². The van der Waals surface area contributed by atoms with Crippen LogP contribution >= 0.6 is 39.1 Å². The Morgan fingerprint density at radius 2 is 2.03 bits per heavy atom. The molecule has 0 amide bonds. The lowest BCUT2D eigenvalue weighted by Crippen LogP contribution is -2.39. The quantitative estimate of drug-likeness (QED) is 0.322. The number of piperidine rings is 1. The van der Waals surface area contributed by atoms with E-state index in [2.05, 4.69) is 31.3 Å². The molecule has 3 aromatic heterocycles. The zero-order valence-corrected chi connectivity index (χ0v) is 22.3. The Kier molecular flexibility index (Phi) is 7.00. The number of rotatable bonds is 6. The molecule has 1 aromatic carbocycles. The zero-order valence-electron chi connectivity index (χ0n) is 18.4. The summed E-state index contributed by atoms with van der Waals surface area (Å²) in [6.07, 6.45) is 6.76. The predicted octanol–water partition coefficient (Wildman–Crippen LogP) is 5.37. The first-order valence-electron chi connectivity index (χ1n) is 10.9. The third kappa shape index (κ3) is 5.03. The predicted molar refractivity (Wildman–Crippen MR) is 139 cm³/mol.